The summed E-state index contributed by atoms with van der Waals surface area (Å²) < 4.78 is 5.32. The molecule has 0 saturated heterocycles. The molecule has 1 rings (SSSR count). The van der Waals surface area contributed by atoms with Crippen LogP contribution in [0.5, 0.6) is 0 Å². The van der Waals surface area contributed by atoms with Crippen molar-refractivity contribution in [3.8, 4) is 0 Å². The van der Waals surface area contributed by atoms with Gasteiger partial charge >= 0.3 is 0 Å². The summed E-state index contributed by atoms with van der Waals surface area (Å²) in [5.74, 6) is 0.800. The Bertz CT molecular complexity index is 177. The summed E-state index contributed by atoms with van der Waals surface area (Å²) in [6.07, 6.45) is 5.38. The lowest BCUT2D eigenvalue weighted by atomic mass is 10.1. The van der Waals surface area contributed by atoms with E-state index in [4.69, 9.17) is 10.5 Å². The zero-order valence-electron chi connectivity index (χ0n) is 11.1. The Morgan fingerprint density at radius 1 is 1.25 bits per heavy atom. The van der Waals surface area contributed by atoms with Gasteiger partial charge < -0.3 is 15.4 Å². The maximum atomic E-state index is 5.64. The van der Waals surface area contributed by atoms with Crippen LogP contribution in [0.25, 0.3) is 0 Å². The molecular weight excluding hydrogens is 200 g/mol. The number of nitrogens with two attached hydrogens (primary N) is 1. The molecule has 1 fully saturated rings. The fourth-order valence-corrected chi connectivity index (χ4v) is 1.98. The average molecular weight is 228 g/mol. The van der Waals surface area contributed by atoms with E-state index >= 15 is 0 Å². The Morgan fingerprint density at radius 2 is 1.88 bits per heavy atom. The fraction of sp³-hybridized carbons (Fsp3) is 1.00. The standard InChI is InChI=1S/C13H28N2O/c1-11(2)6-8-15(12-4-5-12)9-7-13(10-14)16-3/h11-13H,4-10,14H2,1-3H3. The second-order valence-electron chi connectivity index (χ2n) is 5.33. The van der Waals surface area contributed by atoms with Crippen LogP contribution >= 0.6 is 0 Å². The van der Waals surface area contributed by atoms with Crippen molar-refractivity contribution in [3.63, 3.8) is 0 Å². The second kappa shape index (κ2) is 7.25. The van der Waals surface area contributed by atoms with Gasteiger partial charge in [0.2, 0.25) is 0 Å². The topological polar surface area (TPSA) is 38.5 Å². The molecule has 0 amide bonds. The van der Waals surface area contributed by atoms with Crippen LogP contribution in [-0.2, 0) is 4.74 Å². The van der Waals surface area contributed by atoms with Crippen molar-refractivity contribution >= 4 is 0 Å². The molecule has 3 nitrogen and oxygen atoms in total. The third-order valence-electron chi connectivity index (χ3n) is 3.39. The van der Waals surface area contributed by atoms with Crippen molar-refractivity contribution < 1.29 is 4.74 Å². The molecule has 1 atom stereocenters. The quantitative estimate of drug-likeness (QED) is 0.654. The SMILES string of the molecule is COC(CN)CCN(CCC(C)C)C1CC1. The number of hydrogen-bond donors (Lipinski definition) is 1. The molecule has 0 aromatic carbocycles. The van der Waals surface area contributed by atoms with Crippen LogP contribution in [0.3, 0.4) is 0 Å². The molecule has 0 radical (unpaired) electrons. The summed E-state index contributed by atoms with van der Waals surface area (Å²) in [6.45, 7) is 7.61. The average Bonchev–Trinajstić information content (AvgIpc) is 3.07. The summed E-state index contributed by atoms with van der Waals surface area (Å²) in [4.78, 5) is 2.63. The van der Waals surface area contributed by atoms with Gasteiger partial charge in [-0.2, -0.15) is 0 Å². The van der Waals surface area contributed by atoms with E-state index in [-0.39, 0.29) is 6.10 Å². The minimum absolute atomic E-state index is 0.236. The summed E-state index contributed by atoms with van der Waals surface area (Å²) in [6, 6.07) is 0.856. The summed E-state index contributed by atoms with van der Waals surface area (Å²) in [5.41, 5.74) is 5.64. The Balaban J connectivity index is 2.22. The van der Waals surface area contributed by atoms with Crippen LogP contribution < -0.4 is 5.73 Å². The van der Waals surface area contributed by atoms with E-state index in [9.17, 15) is 0 Å². The molecule has 0 heterocycles. The van der Waals surface area contributed by atoms with E-state index in [1.807, 2.05) is 0 Å². The van der Waals surface area contributed by atoms with Gasteiger partial charge in [0.25, 0.3) is 0 Å². The predicted molar refractivity (Wildman–Crippen MR) is 68.5 cm³/mol. The van der Waals surface area contributed by atoms with Gasteiger partial charge in [-0.15, -0.1) is 0 Å². The number of rotatable bonds is 9. The van der Waals surface area contributed by atoms with Gasteiger partial charge in [-0.25, -0.2) is 0 Å². The van der Waals surface area contributed by atoms with Gasteiger partial charge in [-0.05, 0) is 38.1 Å². The van der Waals surface area contributed by atoms with Crippen molar-refractivity contribution in [2.45, 2.75) is 51.7 Å². The van der Waals surface area contributed by atoms with Crippen molar-refractivity contribution in [2.75, 3.05) is 26.7 Å². The Morgan fingerprint density at radius 3 is 2.31 bits per heavy atom. The van der Waals surface area contributed by atoms with E-state index in [2.05, 4.69) is 18.7 Å². The molecule has 1 saturated carbocycles. The Kier molecular flexibility index (Phi) is 6.32. The number of ether oxygens (including phenoxy) is 1. The van der Waals surface area contributed by atoms with Crippen LogP contribution in [0.4, 0.5) is 0 Å². The molecule has 0 bridgehead atoms. The third-order valence-corrected chi connectivity index (χ3v) is 3.39. The van der Waals surface area contributed by atoms with Crippen LogP contribution in [0, 0.1) is 5.92 Å². The van der Waals surface area contributed by atoms with E-state index in [1.54, 1.807) is 7.11 Å². The molecule has 96 valence electrons. The minimum Gasteiger partial charge on any atom is -0.380 e. The van der Waals surface area contributed by atoms with Crippen molar-refractivity contribution in [2.24, 2.45) is 11.7 Å². The predicted octanol–water partition coefficient (Wildman–Crippen LogP) is 1.86. The van der Waals surface area contributed by atoms with Gasteiger partial charge in [0.1, 0.15) is 0 Å². The van der Waals surface area contributed by atoms with Crippen molar-refractivity contribution in [3.05, 3.63) is 0 Å². The van der Waals surface area contributed by atoms with E-state index in [1.165, 1.54) is 25.8 Å². The highest BCUT2D eigenvalue weighted by Crippen LogP contribution is 2.27. The minimum atomic E-state index is 0.236. The number of hydrogen-bond acceptors (Lipinski definition) is 3. The lowest BCUT2D eigenvalue weighted by Crippen LogP contribution is -2.33. The maximum Gasteiger partial charge on any atom is 0.0705 e. The normalized spacial score (nSPS) is 18.4. The molecule has 16 heavy (non-hydrogen) atoms. The zero-order chi connectivity index (χ0) is 12.0. The van der Waals surface area contributed by atoms with E-state index in [0.717, 1.165) is 24.9 Å². The molecule has 0 aromatic rings. The van der Waals surface area contributed by atoms with Gasteiger partial charge in [-0.3, -0.25) is 0 Å². The Labute approximate surface area is 100 Å². The molecular formula is C13H28N2O. The lowest BCUT2D eigenvalue weighted by molar-refractivity contribution is 0.0874. The van der Waals surface area contributed by atoms with Crippen molar-refractivity contribution in [1.82, 2.24) is 4.90 Å². The molecule has 3 heteroatoms. The third kappa shape index (κ3) is 5.28. The van der Waals surface area contributed by atoms with Gasteiger partial charge in [0.15, 0.2) is 0 Å². The fourth-order valence-electron chi connectivity index (χ4n) is 1.98. The summed E-state index contributed by atoms with van der Waals surface area (Å²) in [7, 11) is 1.76. The molecule has 2 N–H and O–H groups in total. The largest absolute Gasteiger partial charge is 0.380 e. The van der Waals surface area contributed by atoms with Gasteiger partial charge in [-0.1, -0.05) is 13.8 Å². The van der Waals surface area contributed by atoms with Crippen LogP contribution in [-0.4, -0.2) is 43.8 Å². The van der Waals surface area contributed by atoms with Gasteiger partial charge in [0, 0.05) is 26.2 Å². The zero-order valence-corrected chi connectivity index (χ0v) is 11.1. The number of methoxy groups -OCH3 is 1. The highest BCUT2D eigenvalue weighted by atomic mass is 16.5. The van der Waals surface area contributed by atoms with E-state index < -0.39 is 0 Å². The summed E-state index contributed by atoms with van der Waals surface area (Å²) >= 11 is 0. The highest BCUT2D eigenvalue weighted by molar-refractivity contribution is 4.85. The molecule has 1 unspecified atom stereocenters. The number of nitrogens with zero attached hydrogens (tertiary/aromatic N) is 1. The Hall–Kier alpha value is -0.120. The van der Waals surface area contributed by atoms with E-state index in [0.29, 0.717) is 6.54 Å². The van der Waals surface area contributed by atoms with Crippen molar-refractivity contribution in [1.29, 1.82) is 0 Å². The molecule has 0 aromatic heterocycles. The first kappa shape index (κ1) is 13.9. The van der Waals surface area contributed by atoms with Crippen LogP contribution in [0.15, 0.2) is 0 Å². The monoisotopic (exact) mass is 228 g/mol. The first-order chi connectivity index (χ1) is 7.67. The van der Waals surface area contributed by atoms with Crippen LogP contribution in [0.2, 0.25) is 0 Å². The molecule has 0 spiro atoms. The molecule has 1 aliphatic carbocycles. The molecule has 1 aliphatic rings. The van der Waals surface area contributed by atoms with Gasteiger partial charge in [0.05, 0.1) is 6.10 Å². The molecule has 0 aliphatic heterocycles. The first-order valence-electron chi connectivity index (χ1n) is 6.64. The van der Waals surface area contributed by atoms with Crippen LogP contribution in [0.1, 0.15) is 39.5 Å². The summed E-state index contributed by atoms with van der Waals surface area (Å²) in [5, 5.41) is 0. The lowest BCUT2D eigenvalue weighted by Gasteiger charge is -2.24. The first-order valence-corrected chi connectivity index (χ1v) is 6.64. The smallest absolute Gasteiger partial charge is 0.0705 e. The second-order valence-corrected chi connectivity index (χ2v) is 5.33. The highest BCUT2D eigenvalue weighted by Gasteiger charge is 2.28. The maximum absolute atomic E-state index is 5.64.